The molecule has 0 radical (unpaired) electrons. The monoisotopic (exact) mass is 240 g/mol. The van der Waals surface area contributed by atoms with Crippen molar-refractivity contribution in [3.8, 4) is 0 Å². The van der Waals surface area contributed by atoms with E-state index in [0.717, 1.165) is 12.2 Å². The molecule has 0 N–H and O–H groups in total. The average molecular weight is 240 g/mol. The second kappa shape index (κ2) is 8.73. The van der Waals surface area contributed by atoms with E-state index in [1.165, 1.54) is 16.3 Å². The lowest BCUT2D eigenvalue weighted by Crippen LogP contribution is -2.16. The maximum atomic E-state index is 5.67. The largest absolute Gasteiger partial charge is 0.293 e. The summed E-state index contributed by atoms with van der Waals surface area (Å²) in [5.74, 6) is 0.923. The standard InChI is InChI=1S/C9H24O3SSi/c1-4-10-13(11-5-2,12-6-3)8-7-9-14/h4-9H2,1-3,14H3. The van der Waals surface area contributed by atoms with Crippen molar-refractivity contribution in [2.24, 2.45) is 0 Å². The van der Waals surface area contributed by atoms with Crippen molar-refractivity contribution < 1.29 is 12.5 Å². The Morgan fingerprint density at radius 1 is 0.929 bits per heavy atom. The molecule has 0 aliphatic carbocycles. The molecule has 0 bridgehead atoms. The van der Waals surface area contributed by atoms with Crippen LogP contribution in [0.2, 0.25) is 6.04 Å². The Balaban J connectivity index is 4.21. The van der Waals surface area contributed by atoms with Crippen molar-refractivity contribution >= 4 is 21.1 Å². The highest BCUT2D eigenvalue weighted by atomic mass is 32.3. The molecule has 14 heavy (non-hydrogen) atoms. The maximum Gasteiger partial charge on any atom is 0.0887 e. The summed E-state index contributed by atoms with van der Waals surface area (Å²) in [6.45, 7) is 7.95. The second-order valence-electron chi connectivity index (χ2n) is 2.83. The maximum absolute atomic E-state index is 5.67. The van der Waals surface area contributed by atoms with E-state index in [-0.39, 0.29) is 0 Å². The van der Waals surface area contributed by atoms with Crippen molar-refractivity contribution in [1.82, 2.24) is 0 Å². The van der Waals surface area contributed by atoms with E-state index in [4.69, 9.17) is 12.5 Å². The summed E-state index contributed by atoms with van der Waals surface area (Å²) in [6.07, 6.45) is 1.15. The van der Waals surface area contributed by atoms with Gasteiger partial charge in [-0.25, -0.2) is 0 Å². The highest BCUT2D eigenvalue weighted by Gasteiger charge is 2.25. The van der Waals surface area contributed by atoms with E-state index in [0.29, 0.717) is 19.8 Å². The van der Waals surface area contributed by atoms with Crippen LogP contribution >= 0.6 is 10.9 Å². The summed E-state index contributed by atoms with van der Waals surface area (Å²) in [4.78, 5) is 0. The van der Waals surface area contributed by atoms with Crippen LogP contribution in [0.15, 0.2) is 0 Å². The van der Waals surface area contributed by atoms with Gasteiger partial charge in [-0.15, -0.1) is 0 Å². The average Bonchev–Trinajstić information content (AvgIpc) is 2.16. The Morgan fingerprint density at radius 2 is 1.36 bits per heavy atom. The lowest BCUT2D eigenvalue weighted by Gasteiger charge is -2.36. The summed E-state index contributed by atoms with van der Waals surface area (Å²) in [6, 6.07) is 1.28. The van der Waals surface area contributed by atoms with Crippen LogP contribution in [-0.4, -0.2) is 35.8 Å². The van der Waals surface area contributed by atoms with E-state index in [1.807, 2.05) is 20.8 Å². The topological polar surface area (TPSA) is 27.7 Å². The van der Waals surface area contributed by atoms with Gasteiger partial charge in [0, 0.05) is 16.0 Å². The minimum absolute atomic E-state index is 0.663. The molecule has 0 fully saturated rings. The first-order chi connectivity index (χ1) is 6.74. The van der Waals surface area contributed by atoms with Gasteiger partial charge in [0.2, 0.25) is 0 Å². The van der Waals surface area contributed by atoms with Crippen LogP contribution in [0.4, 0.5) is 0 Å². The van der Waals surface area contributed by atoms with Gasteiger partial charge in [-0.3, -0.25) is 12.5 Å². The van der Waals surface area contributed by atoms with Gasteiger partial charge < -0.3 is 0 Å². The molecule has 5 heteroatoms. The molecule has 0 rings (SSSR count). The molecule has 0 spiro atoms. The molecule has 0 aliphatic heterocycles. The number of hydrogen-bond acceptors (Lipinski definition) is 3. The minimum atomic E-state index is -1.69. The molecule has 0 aromatic heterocycles. The zero-order chi connectivity index (χ0) is 10.9. The molecule has 0 saturated carbocycles. The van der Waals surface area contributed by atoms with E-state index < -0.39 is 10.9 Å². The Morgan fingerprint density at radius 3 is 1.64 bits per heavy atom. The van der Waals surface area contributed by atoms with Gasteiger partial charge in [0.1, 0.15) is 0 Å². The van der Waals surface area contributed by atoms with Gasteiger partial charge in [0.05, 0.1) is 30.7 Å². The summed E-state index contributed by atoms with van der Waals surface area (Å²) in [7, 11) is -0.445. The fourth-order valence-electron chi connectivity index (χ4n) is 1.14. The third-order valence-electron chi connectivity index (χ3n) is 1.64. The van der Waals surface area contributed by atoms with Gasteiger partial charge >= 0.3 is 0 Å². The quantitative estimate of drug-likeness (QED) is 0.575. The Bertz CT molecular complexity index is 118. The molecule has 0 atom stereocenters. The van der Waals surface area contributed by atoms with Crippen LogP contribution in [0.5, 0.6) is 0 Å². The molecule has 3 nitrogen and oxygen atoms in total. The summed E-state index contributed by atoms with van der Waals surface area (Å²) < 4.78 is 17.0. The predicted molar refractivity (Wildman–Crippen MR) is 66.7 cm³/mol. The van der Waals surface area contributed by atoms with E-state index >= 15 is 0 Å². The van der Waals surface area contributed by atoms with Crippen molar-refractivity contribution in [3.63, 3.8) is 0 Å². The lowest BCUT2D eigenvalue weighted by atomic mass is 10.6. The third-order valence-corrected chi connectivity index (χ3v) is 4.92. The molecule has 0 heterocycles. The normalized spacial score (nSPS) is 13.4. The smallest absolute Gasteiger partial charge is 0.0887 e. The Labute approximate surface area is 92.9 Å². The first-order valence-corrected chi connectivity index (χ1v) is 8.47. The number of rotatable bonds is 9. The zero-order valence-corrected chi connectivity index (χ0v) is 12.7. The van der Waals surface area contributed by atoms with E-state index in [2.05, 4.69) is 0 Å². The van der Waals surface area contributed by atoms with Gasteiger partial charge in [-0.2, -0.15) is 0 Å². The second-order valence-corrected chi connectivity index (χ2v) is 6.07. The van der Waals surface area contributed by atoms with Gasteiger partial charge in [-0.05, 0) is 27.2 Å². The molecular formula is C9H24O3SSi. The Kier molecular flexibility index (Phi) is 9.01. The molecule has 0 saturated heterocycles. The predicted octanol–water partition coefficient (Wildman–Crippen LogP) is 1.82. The van der Waals surface area contributed by atoms with Gasteiger partial charge in [0.15, 0.2) is 0 Å². The van der Waals surface area contributed by atoms with Crippen molar-refractivity contribution in [2.75, 3.05) is 25.6 Å². The SMILES string of the molecule is CCOS(CCC[SiH3])(OCC)OCC. The fraction of sp³-hybridized carbons (Fsp3) is 1.00. The van der Waals surface area contributed by atoms with Gasteiger partial charge in [0.25, 0.3) is 0 Å². The molecule has 0 aromatic rings. The highest BCUT2D eigenvalue weighted by Crippen LogP contribution is 2.51. The third kappa shape index (κ3) is 5.36. The summed E-state index contributed by atoms with van der Waals surface area (Å²) in [5.41, 5.74) is 0. The van der Waals surface area contributed by atoms with Crippen LogP contribution in [0, 0.1) is 0 Å². The minimum Gasteiger partial charge on any atom is -0.293 e. The Hall–Kier alpha value is 0.447. The van der Waals surface area contributed by atoms with Crippen LogP contribution in [-0.2, 0) is 12.5 Å². The fourth-order valence-corrected chi connectivity index (χ4v) is 4.28. The summed E-state index contributed by atoms with van der Waals surface area (Å²) >= 11 is 0. The molecular weight excluding hydrogens is 216 g/mol. The van der Waals surface area contributed by atoms with Crippen molar-refractivity contribution in [3.05, 3.63) is 0 Å². The first-order valence-electron chi connectivity index (χ1n) is 5.48. The van der Waals surface area contributed by atoms with Crippen LogP contribution < -0.4 is 0 Å². The highest BCUT2D eigenvalue weighted by molar-refractivity contribution is 8.21. The van der Waals surface area contributed by atoms with Crippen molar-refractivity contribution in [2.45, 2.75) is 33.2 Å². The molecule has 0 aliphatic rings. The number of hydrogen-bond donors (Lipinski definition) is 0. The first kappa shape index (κ1) is 14.4. The van der Waals surface area contributed by atoms with Crippen LogP contribution in [0.3, 0.4) is 0 Å². The van der Waals surface area contributed by atoms with E-state index in [1.54, 1.807) is 0 Å². The summed E-state index contributed by atoms with van der Waals surface area (Å²) in [5, 5.41) is 0. The molecule has 0 amide bonds. The molecule has 0 aromatic carbocycles. The molecule has 88 valence electrons. The van der Waals surface area contributed by atoms with Crippen LogP contribution in [0.1, 0.15) is 27.2 Å². The molecule has 0 unspecified atom stereocenters. The van der Waals surface area contributed by atoms with Crippen LogP contribution in [0.25, 0.3) is 0 Å². The lowest BCUT2D eigenvalue weighted by molar-refractivity contribution is 0.185. The van der Waals surface area contributed by atoms with Crippen molar-refractivity contribution in [1.29, 1.82) is 0 Å². The zero-order valence-electron chi connectivity index (χ0n) is 9.88. The van der Waals surface area contributed by atoms with Gasteiger partial charge in [-0.1, -0.05) is 6.04 Å². The van der Waals surface area contributed by atoms with E-state index in [9.17, 15) is 0 Å².